The average Bonchev–Trinajstić information content (AvgIpc) is 3.30. The van der Waals surface area contributed by atoms with Gasteiger partial charge in [-0.25, -0.2) is 14.1 Å². The number of nitrogen functional groups attached to an aromatic ring is 1. The Balaban J connectivity index is 1.42. The van der Waals surface area contributed by atoms with Crippen molar-refractivity contribution in [3.8, 4) is 10.6 Å². The van der Waals surface area contributed by atoms with E-state index in [1.54, 1.807) is 29.5 Å². The largest absolute Gasteiger partial charge is 0.336 e. The number of hydrogen-bond donors (Lipinski definition) is 1. The van der Waals surface area contributed by atoms with Gasteiger partial charge in [-0.1, -0.05) is 53.7 Å². The first-order chi connectivity index (χ1) is 13.6. The normalized spacial score (nSPS) is 11.1. The number of hydrogen-bond acceptors (Lipinski definition) is 6. The highest BCUT2D eigenvalue weighted by Gasteiger charge is 2.14. The van der Waals surface area contributed by atoms with Crippen LogP contribution in [-0.2, 0) is 12.2 Å². The topological polar surface area (TPSA) is 69.6 Å². The van der Waals surface area contributed by atoms with E-state index in [1.807, 2.05) is 29.6 Å². The molecule has 0 radical (unpaired) electrons. The summed E-state index contributed by atoms with van der Waals surface area (Å²) in [6.45, 7) is 0. The van der Waals surface area contributed by atoms with E-state index in [4.69, 9.17) is 17.4 Å². The molecular weight excluding hydrogens is 417 g/mol. The molecule has 2 aromatic carbocycles. The maximum atomic E-state index is 13.8. The molecule has 0 spiro atoms. The summed E-state index contributed by atoms with van der Waals surface area (Å²) in [6.07, 6.45) is 0.286. The second-order valence-electron chi connectivity index (χ2n) is 5.98. The van der Waals surface area contributed by atoms with Crippen molar-refractivity contribution in [2.45, 2.75) is 17.3 Å². The molecule has 0 fully saturated rings. The van der Waals surface area contributed by atoms with Gasteiger partial charge < -0.3 is 5.84 Å². The monoisotopic (exact) mass is 431 g/mol. The zero-order valence-corrected chi connectivity index (χ0v) is 16.9. The third-order valence-electron chi connectivity index (χ3n) is 4.03. The van der Waals surface area contributed by atoms with Crippen molar-refractivity contribution in [1.82, 2.24) is 19.9 Å². The Bertz CT molecular complexity index is 1090. The van der Waals surface area contributed by atoms with Crippen LogP contribution in [0.1, 0.15) is 17.1 Å². The van der Waals surface area contributed by atoms with Crippen LogP contribution >= 0.6 is 34.7 Å². The van der Waals surface area contributed by atoms with Gasteiger partial charge in [0.25, 0.3) is 0 Å². The molecular formula is C19H15ClFN5S2. The molecule has 0 saturated heterocycles. The molecule has 0 amide bonds. The van der Waals surface area contributed by atoms with E-state index >= 15 is 0 Å². The summed E-state index contributed by atoms with van der Waals surface area (Å²) in [7, 11) is 0. The Morgan fingerprint density at radius 2 is 1.89 bits per heavy atom. The SMILES string of the molecule is Nn1c(Cc2ccccc2F)nnc1SCc1csc(-c2ccc(Cl)cc2)n1. The van der Waals surface area contributed by atoms with E-state index in [1.165, 1.54) is 22.5 Å². The van der Waals surface area contributed by atoms with Crippen molar-refractivity contribution in [2.75, 3.05) is 5.84 Å². The second kappa shape index (κ2) is 8.30. The molecule has 4 rings (SSSR count). The zero-order chi connectivity index (χ0) is 19.5. The summed E-state index contributed by atoms with van der Waals surface area (Å²) in [5.41, 5.74) is 2.49. The van der Waals surface area contributed by atoms with Crippen LogP contribution in [0.4, 0.5) is 4.39 Å². The maximum Gasteiger partial charge on any atom is 0.210 e. The highest BCUT2D eigenvalue weighted by atomic mass is 35.5. The van der Waals surface area contributed by atoms with Crippen molar-refractivity contribution >= 4 is 34.7 Å². The minimum atomic E-state index is -0.281. The number of nitrogens with zero attached hydrogens (tertiary/aromatic N) is 4. The van der Waals surface area contributed by atoms with Crippen LogP contribution in [0, 0.1) is 5.82 Å². The molecule has 142 valence electrons. The highest BCUT2D eigenvalue weighted by Crippen LogP contribution is 2.28. The van der Waals surface area contributed by atoms with Gasteiger partial charge >= 0.3 is 0 Å². The first-order valence-corrected chi connectivity index (χ1v) is 10.6. The predicted molar refractivity (Wildman–Crippen MR) is 111 cm³/mol. The summed E-state index contributed by atoms with van der Waals surface area (Å²) in [6, 6.07) is 14.2. The lowest BCUT2D eigenvalue weighted by molar-refractivity contribution is 0.610. The van der Waals surface area contributed by atoms with Crippen molar-refractivity contribution < 1.29 is 4.39 Å². The van der Waals surface area contributed by atoms with Gasteiger partial charge in [0.2, 0.25) is 5.16 Å². The predicted octanol–water partition coefficient (Wildman–Crippen LogP) is 4.79. The molecule has 0 aliphatic carbocycles. The van der Waals surface area contributed by atoms with E-state index in [0.717, 1.165) is 16.3 Å². The molecule has 0 unspecified atom stereocenters. The van der Waals surface area contributed by atoms with Crippen molar-refractivity contribution in [3.63, 3.8) is 0 Å². The Labute approximate surface area is 174 Å². The first-order valence-electron chi connectivity index (χ1n) is 8.36. The molecule has 4 aromatic rings. The molecule has 0 saturated carbocycles. The number of aromatic nitrogens is 4. The van der Waals surface area contributed by atoms with Crippen LogP contribution in [0.5, 0.6) is 0 Å². The van der Waals surface area contributed by atoms with E-state index in [9.17, 15) is 4.39 Å². The van der Waals surface area contributed by atoms with Crippen molar-refractivity contribution in [1.29, 1.82) is 0 Å². The fourth-order valence-electron chi connectivity index (χ4n) is 2.58. The number of nitrogens with two attached hydrogens (primary N) is 1. The second-order valence-corrected chi connectivity index (χ2v) is 8.21. The molecule has 9 heteroatoms. The van der Waals surface area contributed by atoms with Crippen LogP contribution in [0.25, 0.3) is 10.6 Å². The lowest BCUT2D eigenvalue weighted by atomic mass is 10.1. The minimum absolute atomic E-state index is 0.281. The van der Waals surface area contributed by atoms with E-state index in [2.05, 4.69) is 15.2 Å². The fourth-order valence-corrected chi connectivity index (χ4v) is 4.40. The van der Waals surface area contributed by atoms with Gasteiger partial charge in [0.1, 0.15) is 10.8 Å². The van der Waals surface area contributed by atoms with Gasteiger partial charge in [0.05, 0.1) is 5.69 Å². The Kier molecular flexibility index (Phi) is 5.61. The average molecular weight is 432 g/mol. The van der Waals surface area contributed by atoms with Gasteiger partial charge in [-0.3, -0.25) is 0 Å². The highest BCUT2D eigenvalue weighted by molar-refractivity contribution is 7.98. The van der Waals surface area contributed by atoms with E-state index < -0.39 is 0 Å². The van der Waals surface area contributed by atoms with Gasteiger partial charge in [0.15, 0.2) is 5.82 Å². The molecule has 2 heterocycles. The molecule has 5 nitrogen and oxygen atoms in total. The number of benzene rings is 2. The summed E-state index contributed by atoms with van der Waals surface area (Å²) in [5.74, 6) is 6.93. The summed E-state index contributed by atoms with van der Waals surface area (Å²) in [4.78, 5) is 4.65. The lowest BCUT2D eigenvalue weighted by Crippen LogP contribution is -2.14. The number of halogens is 2. The smallest absolute Gasteiger partial charge is 0.210 e. The van der Waals surface area contributed by atoms with Gasteiger partial charge in [0, 0.05) is 28.1 Å². The summed E-state index contributed by atoms with van der Waals surface area (Å²) in [5, 5.41) is 12.4. The summed E-state index contributed by atoms with van der Waals surface area (Å²) < 4.78 is 15.2. The van der Waals surface area contributed by atoms with Gasteiger partial charge in [-0.05, 0) is 23.8 Å². The number of rotatable bonds is 6. The van der Waals surface area contributed by atoms with Gasteiger partial charge in [-0.2, -0.15) is 0 Å². The van der Waals surface area contributed by atoms with E-state index in [-0.39, 0.29) is 12.2 Å². The van der Waals surface area contributed by atoms with Crippen LogP contribution in [0.2, 0.25) is 5.02 Å². The van der Waals surface area contributed by atoms with Gasteiger partial charge in [-0.15, -0.1) is 21.5 Å². The molecule has 2 aromatic heterocycles. The molecule has 0 atom stereocenters. The van der Waals surface area contributed by atoms with Crippen LogP contribution in [0.3, 0.4) is 0 Å². The Morgan fingerprint density at radius 3 is 2.68 bits per heavy atom. The van der Waals surface area contributed by atoms with Crippen LogP contribution < -0.4 is 5.84 Å². The third-order valence-corrected chi connectivity index (χ3v) is 6.20. The Morgan fingerprint density at radius 1 is 1.11 bits per heavy atom. The molecule has 0 aliphatic rings. The first kappa shape index (κ1) is 18.9. The standard InChI is InChI=1S/C19H15ClFN5S2/c20-14-7-5-12(6-8-14)18-23-15(10-27-18)11-28-19-25-24-17(26(19)22)9-13-3-1-2-4-16(13)21/h1-8,10H,9,11,22H2. The maximum absolute atomic E-state index is 13.8. The third kappa shape index (κ3) is 4.19. The van der Waals surface area contributed by atoms with E-state index in [0.29, 0.717) is 27.3 Å². The van der Waals surface area contributed by atoms with Crippen LogP contribution in [-0.4, -0.2) is 19.9 Å². The van der Waals surface area contributed by atoms with Crippen LogP contribution in [0.15, 0.2) is 59.1 Å². The Hall–Kier alpha value is -2.42. The molecule has 28 heavy (non-hydrogen) atoms. The quantitative estimate of drug-likeness (QED) is 0.351. The molecule has 0 aliphatic heterocycles. The lowest BCUT2D eigenvalue weighted by Gasteiger charge is -2.04. The minimum Gasteiger partial charge on any atom is -0.336 e. The fraction of sp³-hybridized carbons (Fsp3) is 0.105. The number of thiazole rings is 1. The zero-order valence-electron chi connectivity index (χ0n) is 14.5. The molecule has 0 bridgehead atoms. The van der Waals surface area contributed by atoms with Crippen molar-refractivity contribution in [3.05, 3.63) is 81.8 Å². The van der Waals surface area contributed by atoms with Crippen molar-refractivity contribution in [2.24, 2.45) is 0 Å². The number of thioether (sulfide) groups is 1. The molecule has 2 N–H and O–H groups in total. The summed E-state index contributed by atoms with van der Waals surface area (Å²) >= 11 is 8.94.